The number of hydrogen-bond acceptors (Lipinski definition) is 6. The number of sulfone groups is 1. The van der Waals surface area contributed by atoms with Crippen molar-refractivity contribution >= 4 is 48.1 Å². The molecule has 1 unspecified atom stereocenters. The van der Waals surface area contributed by atoms with E-state index >= 15 is 0 Å². The molecule has 11 heteroatoms. The molecule has 1 aliphatic rings. The summed E-state index contributed by atoms with van der Waals surface area (Å²) >= 11 is 6.17. The Morgan fingerprint density at radius 3 is 2.74 bits per heavy atom. The molecule has 1 aliphatic heterocycles. The van der Waals surface area contributed by atoms with Crippen molar-refractivity contribution in [3.05, 3.63) is 35.6 Å². The molecule has 1 atom stereocenters. The van der Waals surface area contributed by atoms with E-state index in [-0.39, 0.29) is 23.0 Å². The lowest BCUT2D eigenvalue weighted by Gasteiger charge is -2.18. The average Bonchev–Trinajstić information content (AvgIpc) is 3.02. The van der Waals surface area contributed by atoms with Gasteiger partial charge in [0.2, 0.25) is 15.9 Å². The zero-order valence-electron chi connectivity index (χ0n) is 14.4. The summed E-state index contributed by atoms with van der Waals surface area (Å²) in [6.45, 7) is 0.280. The molecule has 0 radical (unpaired) electrons. The van der Waals surface area contributed by atoms with Crippen LogP contribution in [-0.4, -0.2) is 63.2 Å². The molecule has 0 saturated carbocycles. The molecule has 8 nitrogen and oxygen atoms in total. The minimum absolute atomic E-state index is 0.0664. The highest BCUT2D eigenvalue weighted by Crippen LogP contribution is 2.32. The number of nitrogens with one attached hydrogen (secondary N) is 1. The Hall–Kier alpha value is -1.75. The SMILES string of the molecule is CS(=O)(=O)CC(=O)NC1CCN(S(=O)(=O)c2cccc3cncc(Cl)c23)C1. The molecule has 1 fully saturated rings. The zero-order valence-corrected chi connectivity index (χ0v) is 16.8. The fraction of sp³-hybridized carbons (Fsp3) is 0.375. The Labute approximate surface area is 162 Å². The maximum absolute atomic E-state index is 13.1. The van der Waals surface area contributed by atoms with Gasteiger partial charge < -0.3 is 5.32 Å². The van der Waals surface area contributed by atoms with Crippen LogP contribution in [0.5, 0.6) is 0 Å². The maximum atomic E-state index is 13.1. The van der Waals surface area contributed by atoms with E-state index in [0.717, 1.165) is 6.26 Å². The van der Waals surface area contributed by atoms with Crippen LogP contribution < -0.4 is 5.32 Å². The zero-order chi connectivity index (χ0) is 19.8. The Kier molecular flexibility index (Phi) is 5.44. The lowest BCUT2D eigenvalue weighted by atomic mass is 10.2. The third kappa shape index (κ3) is 4.40. The van der Waals surface area contributed by atoms with Crippen LogP contribution in [0, 0.1) is 0 Å². The van der Waals surface area contributed by atoms with E-state index < -0.39 is 37.6 Å². The topological polar surface area (TPSA) is 114 Å². The van der Waals surface area contributed by atoms with E-state index in [9.17, 15) is 21.6 Å². The van der Waals surface area contributed by atoms with Crippen LogP contribution >= 0.6 is 11.6 Å². The standard InChI is InChI=1S/C16H18ClN3O5S2/c1-26(22,23)10-15(21)19-12-5-6-20(9-12)27(24,25)14-4-2-3-11-7-18-8-13(17)16(11)14/h2-4,7-8,12H,5-6,9-10H2,1H3,(H,19,21). The molecule has 1 aromatic heterocycles. The van der Waals surface area contributed by atoms with Crippen LogP contribution in [0.15, 0.2) is 35.5 Å². The number of fused-ring (bicyclic) bond motifs is 1. The molecule has 1 saturated heterocycles. The Bertz CT molecular complexity index is 1100. The molecule has 0 aliphatic carbocycles. The van der Waals surface area contributed by atoms with Gasteiger partial charge in [-0.15, -0.1) is 0 Å². The van der Waals surface area contributed by atoms with E-state index in [1.807, 2.05) is 0 Å². The minimum Gasteiger partial charge on any atom is -0.351 e. The molecular formula is C16H18ClN3O5S2. The number of rotatable bonds is 5. The van der Waals surface area contributed by atoms with Crippen molar-refractivity contribution in [2.24, 2.45) is 0 Å². The third-order valence-corrected chi connectivity index (χ3v) is 7.21. The summed E-state index contributed by atoms with van der Waals surface area (Å²) in [5.41, 5.74) is 0. The van der Waals surface area contributed by atoms with Gasteiger partial charge in [-0.3, -0.25) is 9.78 Å². The van der Waals surface area contributed by atoms with Crippen molar-refractivity contribution in [3.8, 4) is 0 Å². The third-order valence-electron chi connectivity index (χ3n) is 4.23. The summed E-state index contributed by atoms with van der Waals surface area (Å²) in [5.74, 6) is -1.26. The normalized spacial score (nSPS) is 18.7. The second-order valence-corrected chi connectivity index (χ2v) is 10.9. The first-order valence-electron chi connectivity index (χ1n) is 8.07. The number of pyridine rings is 1. The van der Waals surface area contributed by atoms with Gasteiger partial charge in [0.05, 0.1) is 9.92 Å². The van der Waals surface area contributed by atoms with Gasteiger partial charge in [-0.25, -0.2) is 16.8 Å². The number of halogens is 1. The lowest BCUT2D eigenvalue weighted by Crippen LogP contribution is -2.40. The first-order valence-corrected chi connectivity index (χ1v) is 12.0. The number of amides is 1. The summed E-state index contributed by atoms with van der Waals surface area (Å²) in [4.78, 5) is 15.8. The van der Waals surface area contributed by atoms with Crippen molar-refractivity contribution in [3.63, 3.8) is 0 Å². The van der Waals surface area contributed by atoms with E-state index in [1.165, 1.54) is 16.6 Å². The lowest BCUT2D eigenvalue weighted by molar-refractivity contribution is -0.119. The number of aromatic nitrogens is 1. The van der Waals surface area contributed by atoms with Gasteiger partial charge in [0.1, 0.15) is 5.75 Å². The number of sulfonamides is 1. The second-order valence-electron chi connectivity index (χ2n) is 6.46. The number of carbonyl (C=O) groups is 1. The fourth-order valence-corrected chi connectivity index (χ4v) is 5.70. The predicted octanol–water partition coefficient (Wildman–Crippen LogP) is 0.812. The number of carbonyl (C=O) groups excluding carboxylic acids is 1. The molecule has 146 valence electrons. The Balaban J connectivity index is 1.83. The number of nitrogens with zero attached hydrogens (tertiary/aromatic N) is 2. The summed E-state index contributed by atoms with van der Waals surface area (Å²) in [5, 5.41) is 3.83. The molecule has 1 amide bonds. The highest BCUT2D eigenvalue weighted by atomic mass is 35.5. The average molecular weight is 432 g/mol. The monoisotopic (exact) mass is 431 g/mol. The van der Waals surface area contributed by atoms with Crippen LogP contribution in [0.25, 0.3) is 10.8 Å². The van der Waals surface area contributed by atoms with Crippen molar-refractivity contribution in [1.82, 2.24) is 14.6 Å². The van der Waals surface area contributed by atoms with Gasteiger partial charge in [-0.05, 0) is 12.5 Å². The predicted molar refractivity (Wildman–Crippen MR) is 102 cm³/mol. The molecule has 2 aromatic rings. The van der Waals surface area contributed by atoms with Gasteiger partial charge in [0, 0.05) is 48.6 Å². The first-order chi connectivity index (χ1) is 12.6. The molecule has 0 spiro atoms. The Morgan fingerprint density at radius 1 is 1.30 bits per heavy atom. The maximum Gasteiger partial charge on any atom is 0.243 e. The van der Waals surface area contributed by atoms with Crippen LogP contribution in [0.3, 0.4) is 0 Å². The first kappa shape index (κ1) is 20.0. The van der Waals surface area contributed by atoms with Crippen LogP contribution in [0.1, 0.15) is 6.42 Å². The quantitative estimate of drug-likeness (QED) is 0.749. The molecule has 3 rings (SSSR count). The summed E-state index contributed by atoms with van der Waals surface area (Å²) < 4.78 is 49.9. The van der Waals surface area contributed by atoms with Gasteiger partial charge in [-0.1, -0.05) is 23.7 Å². The summed E-state index contributed by atoms with van der Waals surface area (Å²) in [6.07, 6.45) is 4.30. The molecular weight excluding hydrogens is 414 g/mol. The summed E-state index contributed by atoms with van der Waals surface area (Å²) in [7, 11) is -7.28. The molecule has 1 aromatic carbocycles. The number of hydrogen-bond donors (Lipinski definition) is 1. The number of benzene rings is 1. The van der Waals surface area contributed by atoms with E-state index in [2.05, 4.69) is 10.3 Å². The second kappa shape index (κ2) is 7.34. The molecule has 2 heterocycles. The van der Waals surface area contributed by atoms with Gasteiger partial charge in [0.25, 0.3) is 0 Å². The van der Waals surface area contributed by atoms with Crippen molar-refractivity contribution in [2.75, 3.05) is 25.1 Å². The smallest absolute Gasteiger partial charge is 0.243 e. The van der Waals surface area contributed by atoms with Crippen molar-refractivity contribution in [2.45, 2.75) is 17.4 Å². The minimum atomic E-state index is -3.84. The van der Waals surface area contributed by atoms with Crippen molar-refractivity contribution in [1.29, 1.82) is 0 Å². The van der Waals surface area contributed by atoms with E-state index in [0.29, 0.717) is 17.2 Å². The van der Waals surface area contributed by atoms with Crippen LogP contribution in [0.4, 0.5) is 0 Å². The van der Waals surface area contributed by atoms with E-state index in [4.69, 9.17) is 11.6 Å². The highest BCUT2D eigenvalue weighted by molar-refractivity contribution is 7.91. The van der Waals surface area contributed by atoms with Crippen molar-refractivity contribution < 1.29 is 21.6 Å². The molecule has 27 heavy (non-hydrogen) atoms. The van der Waals surface area contributed by atoms with Gasteiger partial charge >= 0.3 is 0 Å². The largest absolute Gasteiger partial charge is 0.351 e. The fourth-order valence-electron chi connectivity index (χ4n) is 3.08. The molecule has 1 N–H and O–H groups in total. The van der Waals surface area contributed by atoms with Gasteiger partial charge in [0.15, 0.2) is 9.84 Å². The van der Waals surface area contributed by atoms with Crippen LogP contribution in [-0.2, 0) is 24.7 Å². The molecule has 0 bridgehead atoms. The van der Waals surface area contributed by atoms with E-state index in [1.54, 1.807) is 18.3 Å². The van der Waals surface area contributed by atoms with Crippen LogP contribution in [0.2, 0.25) is 5.02 Å². The summed E-state index contributed by atoms with van der Waals surface area (Å²) in [6, 6.07) is 4.39. The Morgan fingerprint density at radius 2 is 2.04 bits per heavy atom. The van der Waals surface area contributed by atoms with Gasteiger partial charge in [-0.2, -0.15) is 4.31 Å². The highest BCUT2D eigenvalue weighted by Gasteiger charge is 2.34.